The van der Waals surface area contributed by atoms with E-state index in [4.69, 9.17) is 14.2 Å². The maximum Gasteiger partial charge on any atom is 0.348 e. The number of halogens is 1. The van der Waals surface area contributed by atoms with Gasteiger partial charge in [-0.2, -0.15) is 0 Å². The fourth-order valence-corrected chi connectivity index (χ4v) is 4.13. The first kappa shape index (κ1) is 18.6. The summed E-state index contributed by atoms with van der Waals surface area (Å²) < 4.78 is 29.9. The van der Waals surface area contributed by atoms with Gasteiger partial charge in [-0.3, -0.25) is 0 Å². The fraction of sp³-hybridized carbons (Fsp3) is 0.316. The van der Waals surface area contributed by atoms with E-state index in [9.17, 15) is 9.18 Å². The van der Waals surface area contributed by atoms with Gasteiger partial charge in [-0.1, -0.05) is 0 Å². The highest BCUT2D eigenvalue weighted by molar-refractivity contribution is 7.20. The molecule has 1 N–H and O–H groups in total. The van der Waals surface area contributed by atoms with Crippen LogP contribution in [0.3, 0.4) is 0 Å². The minimum atomic E-state index is -0.418. The summed E-state index contributed by atoms with van der Waals surface area (Å²) in [6, 6.07) is 4.27. The molecule has 28 heavy (non-hydrogen) atoms. The second-order valence-electron chi connectivity index (χ2n) is 6.32. The Morgan fingerprint density at radius 1 is 1.39 bits per heavy atom. The third-order valence-corrected chi connectivity index (χ3v) is 5.66. The lowest BCUT2D eigenvalue weighted by Crippen LogP contribution is -2.16. The number of nitrogens with one attached hydrogen (secondary N) is 1. The van der Waals surface area contributed by atoms with Crippen LogP contribution in [-0.2, 0) is 9.47 Å². The summed E-state index contributed by atoms with van der Waals surface area (Å²) in [6.45, 7) is 2.91. The molecule has 0 spiro atoms. The first-order chi connectivity index (χ1) is 13.6. The van der Waals surface area contributed by atoms with Crippen molar-refractivity contribution in [3.63, 3.8) is 0 Å². The number of nitrogens with zero attached hydrogens (tertiary/aromatic N) is 2. The van der Waals surface area contributed by atoms with Crippen LogP contribution in [0.2, 0.25) is 0 Å². The summed E-state index contributed by atoms with van der Waals surface area (Å²) in [5.74, 6) is 0.0712. The fourth-order valence-electron chi connectivity index (χ4n) is 3.06. The summed E-state index contributed by atoms with van der Waals surface area (Å²) in [7, 11) is 1.34. The molecule has 2 aromatic heterocycles. The standard InChI is InChI=1S/C19H18FN3O4S/c1-10-15-17(21-9-22-18(15)28-16(10)19(24)25-2)23-13-4-3-11(20)7-14(13)27-12-5-6-26-8-12/h3-4,7,9,12H,5-6,8H2,1-2H3,(H,21,22,23)/t12-/m0/s1. The van der Waals surface area contributed by atoms with Gasteiger partial charge in [-0.15, -0.1) is 11.3 Å². The van der Waals surface area contributed by atoms with Gasteiger partial charge in [0.25, 0.3) is 0 Å². The molecule has 0 radical (unpaired) electrons. The maximum absolute atomic E-state index is 13.8. The number of methoxy groups -OCH3 is 1. The molecule has 1 fully saturated rings. The Bertz CT molecular complexity index is 1030. The average Bonchev–Trinajstić information content (AvgIpc) is 3.32. The van der Waals surface area contributed by atoms with Crippen LogP contribution in [0.1, 0.15) is 21.7 Å². The highest BCUT2D eigenvalue weighted by Crippen LogP contribution is 2.37. The van der Waals surface area contributed by atoms with Crippen molar-refractivity contribution in [2.75, 3.05) is 25.6 Å². The third-order valence-electron chi connectivity index (χ3n) is 4.48. The molecule has 1 aliphatic rings. The molecule has 4 rings (SSSR count). The number of hydrogen-bond acceptors (Lipinski definition) is 8. The molecule has 1 atom stereocenters. The van der Waals surface area contributed by atoms with Crippen LogP contribution in [0.4, 0.5) is 15.9 Å². The van der Waals surface area contributed by atoms with Gasteiger partial charge in [0.15, 0.2) is 0 Å². The van der Waals surface area contributed by atoms with Crippen molar-refractivity contribution >= 4 is 39.0 Å². The average molecular weight is 403 g/mol. The van der Waals surface area contributed by atoms with E-state index in [1.807, 2.05) is 6.92 Å². The van der Waals surface area contributed by atoms with E-state index in [1.54, 1.807) is 6.07 Å². The molecule has 1 aromatic carbocycles. The molecular formula is C19H18FN3O4S. The number of anilines is 2. The minimum Gasteiger partial charge on any atom is -0.486 e. The zero-order valence-corrected chi connectivity index (χ0v) is 16.1. The number of ether oxygens (including phenoxy) is 3. The Morgan fingerprint density at radius 2 is 2.25 bits per heavy atom. The summed E-state index contributed by atoms with van der Waals surface area (Å²) in [5.41, 5.74) is 1.29. The molecule has 3 aromatic rings. The van der Waals surface area contributed by atoms with Crippen LogP contribution in [-0.4, -0.2) is 42.4 Å². The lowest BCUT2D eigenvalue weighted by Gasteiger charge is -2.17. The van der Waals surface area contributed by atoms with Gasteiger partial charge in [0, 0.05) is 12.5 Å². The SMILES string of the molecule is COC(=O)c1sc2ncnc(Nc3ccc(F)cc3O[C@H]3CCOC3)c2c1C. The predicted molar refractivity (Wildman–Crippen MR) is 103 cm³/mol. The third kappa shape index (κ3) is 3.50. The lowest BCUT2D eigenvalue weighted by atomic mass is 10.2. The van der Waals surface area contributed by atoms with Crippen molar-refractivity contribution in [3.05, 3.63) is 40.8 Å². The summed E-state index contributed by atoms with van der Waals surface area (Å²) in [5, 5.41) is 3.91. The quantitative estimate of drug-likeness (QED) is 0.648. The monoisotopic (exact) mass is 403 g/mol. The Kier molecular flexibility index (Phi) is 5.10. The number of thiophene rings is 1. The van der Waals surface area contributed by atoms with E-state index in [2.05, 4.69) is 15.3 Å². The number of hydrogen-bond donors (Lipinski definition) is 1. The molecule has 0 amide bonds. The van der Waals surface area contributed by atoms with E-state index in [0.29, 0.717) is 45.6 Å². The molecular weight excluding hydrogens is 385 g/mol. The first-order valence-electron chi connectivity index (χ1n) is 8.70. The Labute approximate surface area is 164 Å². The Hall–Kier alpha value is -2.78. The second kappa shape index (κ2) is 7.69. The molecule has 7 nitrogen and oxygen atoms in total. The second-order valence-corrected chi connectivity index (χ2v) is 7.32. The smallest absolute Gasteiger partial charge is 0.348 e. The molecule has 1 saturated heterocycles. The van der Waals surface area contributed by atoms with Crippen molar-refractivity contribution in [1.29, 1.82) is 0 Å². The first-order valence-corrected chi connectivity index (χ1v) is 9.52. The van der Waals surface area contributed by atoms with Crippen molar-refractivity contribution in [3.8, 4) is 5.75 Å². The topological polar surface area (TPSA) is 82.6 Å². The van der Waals surface area contributed by atoms with Crippen molar-refractivity contribution in [1.82, 2.24) is 9.97 Å². The van der Waals surface area contributed by atoms with Gasteiger partial charge < -0.3 is 19.5 Å². The molecule has 0 saturated carbocycles. The number of aryl methyl sites for hydroxylation is 1. The molecule has 0 bridgehead atoms. The molecule has 3 heterocycles. The summed E-state index contributed by atoms with van der Waals surface area (Å²) in [4.78, 5) is 21.7. The van der Waals surface area contributed by atoms with E-state index in [0.717, 1.165) is 12.0 Å². The van der Waals surface area contributed by atoms with Crippen molar-refractivity contribution in [2.24, 2.45) is 0 Å². The predicted octanol–water partition coefficient (Wildman–Crippen LogP) is 3.84. The Balaban J connectivity index is 1.72. The normalized spacial score (nSPS) is 16.3. The van der Waals surface area contributed by atoms with E-state index in [1.165, 1.54) is 36.9 Å². The summed E-state index contributed by atoms with van der Waals surface area (Å²) >= 11 is 1.24. The molecule has 0 unspecified atom stereocenters. The number of rotatable bonds is 5. The van der Waals surface area contributed by atoms with Crippen molar-refractivity contribution in [2.45, 2.75) is 19.4 Å². The van der Waals surface area contributed by atoms with E-state index >= 15 is 0 Å². The van der Waals surface area contributed by atoms with E-state index in [-0.39, 0.29) is 6.10 Å². The molecule has 9 heteroatoms. The molecule has 146 valence electrons. The largest absolute Gasteiger partial charge is 0.486 e. The van der Waals surface area contributed by atoms with Gasteiger partial charge in [0.1, 0.15) is 39.5 Å². The number of esters is 1. The number of carbonyl (C=O) groups excluding carboxylic acids is 1. The lowest BCUT2D eigenvalue weighted by molar-refractivity contribution is 0.0605. The minimum absolute atomic E-state index is 0.124. The highest BCUT2D eigenvalue weighted by Gasteiger charge is 2.22. The van der Waals surface area contributed by atoms with Crippen molar-refractivity contribution < 1.29 is 23.4 Å². The zero-order chi connectivity index (χ0) is 19.7. The molecule has 1 aliphatic heterocycles. The van der Waals surface area contributed by atoms with Crippen LogP contribution < -0.4 is 10.1 Å². The van der Waals surface area contributed by atoms with Crippen LogP contribution in [0.15, 0.2) is 24.5 Å². The number of benzene rings is 1. The van der Waals surface area contributed by atoms with Gasteiger partial charge >= 0.3 is 5.97 Å². The Morgan fingerprint density at radius 3 is 3.00 bits per heavy atom. The van der Waals surface area contributed by atoms with Gasteiger partial charge in [-0.05, 0) is 24.6 Å². The maximum atomic E-state index is 13.8. The van der Waals surface area contributed by atoms with Crippen LogP contribution in [0.25, 0.3) is 10.2 Å². The van der Waals surface area contributed by atoms with Crippen LogP contribution in [0.5, 0.6) is 5.75 Å². The highest BCUT2D eigenvalue weighted by atomic mass is 32.1. The number of aromatic nitrogens is 2. The van der Waals surface area contributed by atoms with Gasteiger partial charge in [-0.25, -0.2) is 19.2 Å². The zero-order valence-electron chi connectivity index (χ0n) is 15.3. The molecule has 0 aliphatic carbocycles. The van der Waals surface area contributed by atoms with E-state index < -0.39 is 11.8 Å². The number of fused-ring (bicyclic) bond motifs is 1. The summed E-state index contributed by atoms with van der Waals surface area (Å²) in [6.07, 6.45) is 2.04. The van der Waals surface area contributed by atoms with Gasteiger partial charge in [0.05, 0.1) is 31.4 Å². The van der Waals surface area contributed by atoms with Crippen LogP contribution in [0, 0.1) is 12.7 Å². The van der Waals surface area contributed by atoms with Crippen LogP contribution >= 0.6 is 11.3 Å². The number of carbonyl (C=O) groups is 1. The van der Waals surface area contributed by atoms with Gasteiger partial charge in [0.2, 0.25) is 0 Å².